The van der Waals surface area contributed by atoms with Crippen LogP contribution in [0.25, 0.3) is 0 Å². The van der Waals surface area contributed by atoms with Crippen molar-refractivity contribution in [2.75, 3.05) is 37.7 Å². The van der Waals surface area contributed by atoms with E-state index < -0.39 is 9.84 Å². The van der Waals surface area contributed by atoms with Gasteiger partial charge < -0.3 is 9.80 Å². The highest BCUT2D eigenvalue weighted by Gasteiger charge is 2.37. The first kappa shape index (κ1) is 14.5. The molecule has 2 saturated heterocycles. The van der Waals surface area contributed by atoms with Gasteiger partial charge in [-0.15, -0.1) is 0 Å². The Hall–Kier alpha value is -1.40. The zero-order chi connectivity index (χ0) is 14.9. The number of hydrogen-bond donors (Lipinski definition) is 1. The molecule has 2 aliphatic rings. The van der Waals surface area contributed by atoms with Crippen LogP contribution in [0.1, 0.15) is 16.8 Å². The van der Waals surface area contributed by atoms with Crippen molar-refractivity contribution in [3.8, 4) is 0 Å². The molecule has 1 aromatic carbocycles. The quantitative estimate of drug-likeness (QED) is 0.779. The molecule has 0 bridgehead atoms. The summed E-state index contributed by atoms with van der Waals surface area (Å²) in [5.41, 5.74) is 0.726. The minimum atomic E-state index is -2.82. The van der Waals surface area contributed by atoms with Crippen molar-refractivity contribution >= 4 is 15.7 Å². The summed E-state index contributed by atoms with van der Waals surface area (Å²) in [7, 11) is -2.82. The molecular formula is C15H21N2O3S+. The van der Waals surface area contributed by atoms with Gasteiger partial charge in [0.25, 0.3) is 5.91 Å². The van der Waals surface area contributed by atoms with E-state index >= 15 is 0 Å². The Balaban J connectivity index is 1.57. The lowest BCUT2D eigenvalue weighted by Gasteiger charge is -2.35. The Morgan fingerprint density at radius 3 is 2.38 bits per heavy atom. The van der Waals surface area contributed by atoms with Crippen molar-refractivity contribution in [2.45, 2.75) is 12.5 Å². The number of sulfone groups is 1. The SMILES string of the molecule is O=C(c1ccccc1)N1CC[NH+]([C@@H]2CCS(=O)(=O)C2)CC1. The molecule has 0 radical (unpaired) electrons. The summed E-state index contributed by atoms with van der Waals surface area (Å²) in [6.07, 6.45) is 0.768. The lowest BCUT2D eigenvalue weighted by atomic mass is 10.1. The van der Waals surface area contributed by atoms with Crippen LogP contribution in [-0.4, -0.2) is 63.0 Å². The van der Waals surface area contributed by atoms with E-state index in [1.165, 1.54) is 4.90 Å². The average molecular weight is 309 g/mol. The van der Waals surface area contributed by atoms with Crippen LogP contribution >= 0.6 is 0 Å². The minimum absolute atomic E-state index is 0.0775. The van der Waals surface area contributed by atoms with Gasteiger partial charge >= 0.3 is 0 Å². The predicted octanol–water partition coefficient (Wildman–Crippen LogP) is -0.786. The van der Waals surface area contributed by atoms with Crippen LogP contribution in [0.4, 0.5) is 0 Å². The summed E-state index contributed by atoms with van der Waals surface area (Å²) < 4.78 is 23.1. The Bertz CT molecular complexity index is 607. The van der Waals surface area contributed by atoms with E-state index in [1.807, 2.05) is 35.2 Å². The third kappa shape index (κ3) is 3.27. The predicted molar refractivity (Wildman–Crippen MR) is 80.1 cm³/mol. The second kappa shape index (κ2) is 5.77. The molecule has 1 atom stereocenters. The molecule has 3 rings (SSSR count). The van der Waals surface area contributed by atoms with Gasteiger partial charge in [0.05, 0.1) is 31.9 Å². The van der Waals surface area contributed by atoms with E-state index in [-0.39, 0.29) is 11.9 Å². The first-order valence-electron chi connectivity index (χ1n) is 7.44. The number of nitrogens with zero attached hydrogens (tertiary/aromatic N) is 1. The minimum Gasteiger partial charge on any atom is -0.329 e. The van der Waals surface area contributed by atoms with Crippen LogP contribution in [0, 0.1) is 0 Å². The van der Waals surface area contributed by atoms with Crippen molar-refractivity contribution in [1.29, 1.82) is 0 Å². The smallest absolute Gasteiger partial charge is 0.254 e. The molecule has 2 fully saturated rings. The summed E-state index contributed by atoms with van der Waals surface area (Å²) in [6.45, 7) is 3.11. The van der Waals surface area contributed by atoms with Crippen LogP contribution in [0.15, 0.2) is 30.3 Å². The van der Waals surface area contributed by atoms with Crippen LogP contribution in [0.3, 0.4) is 0 Å². The summed E-state index contributed by atoms with van der Waals surface area (Å²) in [6, 6.07) is 9.55. The van der Waals surface area contributed by atoms with Crippen molar-refractivity contribution in [3.05, 3.63) is 35.9 Å². The van der Waals surface area contributed by atoms with E-state index in [0.717, 1.165) is 25.1 Å². The zero-order valence-electron chi connectivity index (χ0n) is 12.0. The van der Waals surface area contributed by atoms with E-state index in [1.54, 1.807) is 0 Å². The largest absolute Gasteiger partial charge is 0.329 e. The summed E-state index contributed by atoms with van der Waals surface area (Å²) in [4.78, 5) is 15.6. The van der Waals surface area contributed by atoms with Gasteiger partial charge in [-0.25, -0.2) is 8.42 Å². The molecule has 114 valence electrons. The molecule has 0 saturated carbocycles. The lowest BCUT2D eigenvalue weighted by molar-refractivity contribution is -0.925. The molecular weight excluding hydrogens is 288 g/mol. The molecule has 6 heteroatoms. The number of quaternary nitrogens is 1. The first-order chi connectivity index (χ1) is 10.1. The van der Waals surface area contributed by atoms with Crippen molar-refractivity contribution in [3.63, 3.8) is 0 Å². The van der Waals surface area contributed by atoms with Crippen molar-refractivity contribution in [1.82, 2.24) is 4.90 Å². The highest BCUT2D eigenvalue weighted by atomic mass is 32.2. The lowest BCUT2D eigenvalue weighted by Crippen LogP contribution is -3.18. The van der Waals surface area contributed by atoms with E-state index in [0.29, 0.717) is 24.6 Å². The topological polar surface area (TPSA) is 58.9 Å². The van der Waals surface area contributed by atoms with Crippen LogP contribution in [0.2, 0.25) is 0 Å². The van der Waals surface area contributed by atoms with Gasteiger partial charge in [0.2, 0.25) is 0 Å². The van der Waals surface area contributed by atoms with Gasteiger partial charge in [-0.05, 0) is 12.1 Å². The number of rotatable bonds is 2. The fourth-order valence-corrected chi connectivity index (χ4v) is 5.11. The second-order valence-electron chi connectivity index (χ2n) is 5.92. The molecule has 1 aromatic rings. The fourth-order valence-electron chi connectivity index (χ4n) is 3.29. The summed E-state index contributed by atoms with van der Waals surface area (Å²) in [5.74, 6) is 0.719. The molecule has 5 nitrogen and oxygen atoms in total. The zero-order valence-corrected chi connectivity index (χ0v) is 12.8. The van der Waals surface area contributed by atoms with Gasteiger partial charge in [0, 0.05) is 12.0 Å². The molecule has 0 spiro atoms. The highest BCUT2D eigenvalue weighted by Crippen LogP contribution is 2.10. The second-order valence-corrected chi connectivity index (χ2v) is 8.15. The maximum absolute atomic E-state index is 12.4. The normalized spacial score (nSPS) is 25.9. The fraction of sp³-hybridized carbons (Fsp3) is 0.533. The van der Waals surface area contributed by atoms with Gasteiger partial charge in [-0.1, -0.05) is 18.2 Å². The average Bonchev–Trinajstić information content (AvgIpc) is 2.88. The van der Waals surface area contributed by atoms with Gasteiger partial charge in [0.15, 0.2) is 9.84 Å². The molecule has 2 aliphatic heterocycles. The number of benzene rings is 1. The Morgan fingerprint density at radius 1 is 1.14 bits per heavy atom. The third-order valence-electron chi connectivity index (χ3n) is 4.52. The highest BCUT2D eigenvalue weighted by molar-refractivity contribution is 7.91. The van der Waals surface area contributed by atoms with Crippen LogP contribution < -0.4 is 4.90 Å². The number of amides is 1. The first-order valence-corrected chi connectivity index (χ1v) is 9.27. The van der Waals surface area contributed by atoms with Gasteiger partial charge in [-0.3, -0.25) is 4.79 Å². The summed E-state index contributed by atoms with van der Waals surface area (Å²) in [5, 5.41) is 0. The van der Waals surface area contributed by atoms with Gasteiger partial charge in [-0.2, -0.15) is 0 Å². The maximum atomic E-state index is 12.4. The molecule has 0 unspecified atom stereocenters. The standard InChI is InChI=1S/C15H20N2O3S/c18-15(13-4-2-1-3-5-13)17-9-7-16(8-10-17)14-6-11-21(19,20)12-14/h1-5,14H,6-12H2/p+1/t14-/m1/s1. The van der Waals surface area contributed by atoms with Crippen molar-refractivity contribution in [2.24, 2.45) is 0 Å². The number of carbonyl (C=O) groups is 1. The summed E-state index contributed by atoms with van der Waals surface area (Å²) >= 11 is 0. The number of hydrogen-bond acceptors (Lipinski definition) is 3. The van der Waals surface area contributed by atoms with E-state index in [4.69, 9.17) is 0 Å². The molecule has 0 aliphatic carbocycles. The van der Waals surface area contributed by atoms with E-state index in [9.17, 15) is 13.2 Å². The number of piperazine rings is 1. The third-order valence-corrected chi connectivity index (χ3v) is 6.29. The molecule has 1 N–H and O–H groups in total. The molecule has 2 heterocycles. The molecule has 0 aromatic heterocycles. The maximum Gasteiger partial charge on any atom is 0.254 e. The molecule has 21 heavy (non-hydrogen) atoms. The van der Waals surface area contributed by atoms with Crippen LogP contribution in [-0.2, 0) is 9.84 Å². The Kier molecular flexibility index (Phi) is 3.99. The number of nitrogens with one attached hydrogen (secondary N) is 1. The Labute approximate surface area is 125 Å². The van der Waals surface area contributed by atoms with Gasteiger partial charge in [0.1, 0.15) is 11.8 Å². The van der Waals surface area contributed by atoms with Crippen molar-refractivity contribution < 1.29 is 18.1 Å². The van der Waals surface area contributed by atoms with E-state index in [2.05, 4.69) is 0 Å². The Morgan fingerprint density at radius 2 is 1.81 bits per heavy atom. The monoisotopic (exact) mass is 309 g/mol. The molecule has 1 amide bonds. The number of carbonyl (C=O) groups excluding carboxylic acids is 1. The van der Waals surface area contributed by atoms with Crippen LogP contribution in [0.5, 0.6) is 0 Å².